The number of nitrogens with two attached hydrogens (primary N) is 1. The van der Waals surface area contributed by atoms with Crippen LogP contribution in [0.1, 0.15) is 32.8 Å². The van der Waals surface area contributed by atoms with Crippen molar-refractivity contribution < 1.29 is 26.1 Å². The van der Waals surface area contributed by atoms with Gasteiger partial charge in [-0.1, -0.05) is 24.6 Å². The van der Waals surface area contributed by atoms with E-state index in [1.807, 2.05) is 6.92 Å². The normalized spacial score (nSPS) is 19.3. The Morgan fingerprint density at radius 3 is 2.66 bits per heavy atom. The number of hydrogen-bond acceptors (Lipinski definition) is 8. The Bertz CT molecular complexity index is 1330. The van der Waals surface area contributed by atoms with Crippen molar-refractivity contribution >= 4 is 27.2 Å². The molecule has 0 amide bonds. The number of hydrogen-bond donors (Lipinski definition) is 1. The monoisotopic (exact) mass is 503 g/mol. The highest BCUT2D eigenvalue weighted by molar-refractivity contribution is 7.86. The Hall–Kier alpha value is -2.95. The first kappa shape index (κ1) is 25.2. The Balaban J connectivity index is 1.43. The van der Waals surface area contributed by atoms with E-state index in [9.17, 15) is 12.8 Å². The summed E-state index contributed by atoms with van der Waals surface area (Å²) in [6, 6.07) is 11.7. The van der Waals surface area contributed by atoms with E-state index in [2.05, 4.69) is 30.7 Å². The number of nitrogens with zero attached hydrogens (tertiary/aromatic N) is 2. The molecule has 1 aliphatic rings. The number of ether oxygens (including phenoxy) is 1. The van der Waals surface area contributed by atoms with Crippen LogP contribution in [-0.2, 0) is 14.3 Å². The topological polar surface area (TPSA) is 108 Å². The van der Waals surface area contributed by atoms with Crippen LogP contribution < -0.4 is 15.4 Å². The minimum Gasteiger partial charge on any atom is -0.489 e. The van der Waals surface area contributed by atoms with Crippen molar-refractivity contribution in [1.82, 2.24) is 4.98 Å². The molecule has 188 valence electrons. The number of anilines is 1. The molecule has 1 saturated heterocycles. The summed E-state index contributed by atoms with van der Waals surface area (Å²) in [5.41, 5.74) is 7.68. The number of oxazole rings is 1. The lowest BCUT2D eigenvalue weighted by Gasteiger charge is -2.29. The lowest BCUT2D eigenvalue weighted by Crippen LogP contribution is -2.38. The smallest absolute Gasteiger partial charge is 0.298 e. The number of aryl methyl sites for hydroxylation is 1. The zero-order valence-electron chi connectivity index (χ0n) is 20.2. The van der Waals surface area contributed by atoms with Crippen LogP contribution in [0.4, 0.5) is 10.4 Å². The van der Waals surface area contributed by atoms with Gasteiger partial charge < -0.3 is 19.8 Å². The fourth-order valence-corrected chi connectivity index (χ4v) is 5.30. The lowest BCUT2D eigenvalue weighted by atomic mass is 9.98. The molecule has 1 aliphatic heterocycles. The molecule has 3 aromatic rings. The summed E-state index contributed by atoms with van der Waals surface area (Å²) < 4.78 is 55.1. The molecule has 10 heteroatoms. The van der Waals surface area contributed by atoms with Crippen LogP contribution in [0.15, 0.2) is 63.7 Å². The number of benzene rings is 2. The Morgan fingerprint density at radius 2 is 2.03 bits per heavy atom. The first-order valence-corrected chi connectivity index (χ1v) is 12.7. The summed E-state index contributed by atoms with van der Waals surface area (Å²) in [6.45, 7) is 8.90. The van der Waals surface area contributed by atoms with E-state index in [-0.39, 0.29) is 28.9 Å². The van der Waals surface area contributed by atoms with Crippen molar-refractivity contribution in [2.75, 3.05) is 18.1 Å². The Morgan fingerprint density at radius 1 is 1.31 bits per heavy atom. The number of fused-ring (bicyclic) bond motifs is 1. The molecule has 0 radical (unpaired) electrons. The van der Waals surface area contributed by atoms with Gasteiger partial charge in [-0.2, -0.15) is 13.4 Å². The summed E-state index contributed by atoms with van der Waals surface area (Å²) in [5.74, 6) is 0.924. The zero-order chi connectivity index (χ0) is 25.4. The van der Waals surface area contributed by atoms with Gasteiger partial charge in [0, 0.05) is 23.7 Å². The van der Waals surface area contributed by atoms with E-state index >= 15 is 0 Å². The molecular formula is C25H30FN3O5S. The summed E-state index contributed by atoms with van der Waals surface area (Å²) >= 11 is 0. The number of rotatable bonds is 8. The van der Waals surface area contributed by atoms with Crippen LogP contribution in [0.2, 0.25) is 0 Å². The fraction of sp³-hybridized carbons (Fsp3) is 0.400. The van der Waals surface area contributed by atoms with E-state index in [1.54, 1.807) is 30.3 Å². The molecule has 8 nitrogen and oxygen atoms in total. The molecule has 2 N–H and O–H groups in total. The van der Waals surface area contributed by atoms with Gasteiger partial charge in [-0.05, 0) is 57.4 Å². The standard InChI is InChI=1S/C25H30FN3O5S/c1-16-5-8-20(9-6-16)35(30,31)34-23(27)18(13-26)15-32-19-7-10-21-22(11-19)33-24(28-21)29-14-17(2)12-25(29,3)4/h5-11,13,17,23H,12,14-15,27H2,1-4H3/b18-13+/t17-,23?/m1/s1. The second-order valence-electron chi connectivity index (χ2n) is 9.62. The highest BCUT2D eigenvalue weighted by Crippen LogP contribution is 2.37. The van der Waals surface area contributed by atoms with Gasteiger partial charge in [0.05, 0.1) is 11.2 Å². The number of aromatic nitrogens is 1. The first-order valence-electron chi connectivity index (χ1n) is 11.3. The van der Waals surface area contributed by atoms with Gasteiger partial charge in [-0.25, -0.2) is 8.57 Å². The van der Waals surface area contributed by atoms with E-state index in [0.29, 0.717) is 28.8 Å². The van der Waals surface area contributed by atoms with Crippen molar-refractivity contribution in [3.05, 3.63) is 59.9 Å². The molecule has 35 heavy (non-hydrogen) atoms. The van der Waals surface area contributed by atoms with Gasteiger partial charge in [0.25, 0.3) is 16.1 Å². The van der Waals surface area contributed by atoms with Gasteiger partial charge in [-0.3, -0.25) is 0 Å². The predicted octanol–water partition coefficient (Wildman–Crippen LogP) is 4.68. The molecule has 1 fully saturated rings. The summed E-state index contributed by atoms with van der Waals surface area (Å²) in [4.78, 5) is 6.70. The summed E-state index contributed by atoms with van der Waals surface area (Å²) in [7, 11) is -4.18. The van der Waals surface area contributed by atoms with Crippen LogP contribution in [0.25, 0.3) is 11.1 Å². The summed E-state index contributed by atoms with van der Waals surface area (Å²) in [6.07, 6.45) is -0.316. The third-order valence-corrected chi connectivity index (χ3v) is 7.41. The van der Waals surface area contributed by atoms with Crippen molar-refractivity contribution in [1.29, 1.82) is 0 Å². The molecule has 0 aliphatic carbocycles. The molecular weight excluding hydrogens is 473 g/mol. The second kappa shape index (κ2) is 9.60. The molecule has 0 spiro atoms. The first-order chi connectivity index (χ1) is 16.5. The van der Waals surface area contributed by atoms with Crippen LogP contribution in [0.5, 0.6) is 5.75 Å². The SMILES string of the molecule is Cc1ccc(S(=O)(=O)OC(N)/C(=C/F)COc2ccc3nc(N4C[C@H](C)CC4(C)C)oc3c2)cc1. The summed E-state index contributed by atoms with van der Waals surface area (Å²) in [5, 5.41) is 0. The Kier molecular flexibility index (Phi) is 6.90. The molecule has 2 heterocycles. The highest BCUT2D eigenvalue weighted by atomic mass is 32.2. The van der Waals surface area contributed by atoms with Crippen molar-refractivity contribution in [3.8, 4) is 5.75 Å². The Labute approximate surface area is 204 Å². The van der Waals surface area contributed by atoms with E-state index < -0.39 is 16.3 Å². The second-order valence-corrected chi connectivity index (χ2v) is 11.2. The van der Waals surface area contributed by atoms with Gasteiger partial charge in [0.15, 0.2) is 11.8 Å². The maximum atomic E-state index is 13.5. The third-order valence-electron chi connectivity index (χ3n) is 6.10. The average molecular weight is 504 g/mol. The van der Waals surface area contributed by atoms with Gasteiger partial charge in [0.1, 0.15) is 17.9 Å². The minimum absolute atomic E-state index is 0.0600. The molecule has 4 rings (SSSR count). The lowest BCUT2D eigenvalue weighted by molar-refractivity contribution is 0.225. The van der Waals surface area contributed by atoms with Crippen LogP contribution in [-0.4, -0.2) is 38.3 Å². The molecule has 2 aromatic carbocycles. The predicted molar refractivity (Wildman–Crippen MR) is 131 cm³/mol. The molecule has 0 bridgehead atoms. The molecule has 1 unspecified atom stereocenters. The third kappa shape index (κ3) is 5.50. The zero-order valence-corrected chi connectivity index (χ0v) is 21.0. The van der Waals surface area contributed by atoms with Gasteiger partial charge in [-0.15, -0.1) is 0 Å². The van der Waals surface area contributed by atoms with Gasteiger partial charge >= 0.3 is 0 Å². The molecule has 2 atom stereocenters. The van der Waals surface area contributed by atoms with Gasteiger partial charge in [0.2, 0.25) is 0 Å². The fourth-order valence-electron chi connectivity index (χ4n) is 4.32. The van der Waals surface area contributed by atoms with Crippen LogP contribution in [0, 0.1) is 12.8 Å². The molecule has 0 saturated carbocycles. The quantitative estimate of drug-likeness (QED) is 0.349. The van der Waals surface area contributed by atoms with Crippen LogP contribution >= 0.6 is 0 Å². The minimum atomic E-state index is -4.18. The van der Waals surface area contributed by atoms with Crippen molar-refractivity contribution in [3.63, 3.8) is 0 Å². The largest absolute Gasteiger partial charge is 0.489 e. The highest BCUT2D eigenvalue weighted by Gasteiger charge is 2.39. The van der Waals surface area contributed by atoms with E-state index in [1.165, 1.54) is 12.1 Å². The molecule has 1 aromatic heterocycles. The van der Waals surface area contributed by atoms with E-state index in [0.717, 1.165) is 18.5 Å². The maximum Gasteiger partial charge on any atom is 0.298 e. The average Bonchev–Trinajstić information content (AvgIpc) is 3.32. The van der Waals surface area contributed by atoms with E-state index in [4.69, 9.17) is 19.1 Å². The van der Waals surface area contributed by atoms with Crippen molar-refractivity contribution in [2.45, 2.75) is 50.8 Å². The number of halogens is 1. The van der Waals surface area contributed by atoms with Crippen molar-refractivity contribution in [2.24, 2.45) is 11.7 Å². The van der Waals surface area contributed by atoms with Crippen LogP contribution in [0.3, 0.4) is 0 Å². The maximum absolute atomic E-state index is 13.5.